The molecule has 0 amide bonds. The van der Waals surface area contributed by atoms with Crippen LogP contribution >= 0.6 is 0 Å². The molecule has 3 heteroatoms. The minimum atomic E-state index is 0.104. The van der Waals surface area contributed by atoms with Crippen molar-refractivity contribution in [2.75, 3.05) is 7.11 Å². The van der Waals surface area contributed by atoms with E-state index in [1.807, 2.05) is 6.07 Å². The lowest BCUT2D eigenvalue weighted by Crippen LogP contribution is -2.35. The van der Waals surface area contributed by atoms with Gasteiger partial charge in [0.15, 0.2) is 11.5 Å². The molecule has 0 fully saturated rings. The van der Waals surface area contributed by atoms with Gasteiger partial charge in [-0.15, -0.1) is 0 Å². The second-order valence-corrected chi connectivity index (χ2v) is 6.60. The molecule has 1 aliphatic rings. The van der Waals surface area contributed by atoms with Crippen LogP contribution in [0.5, 0.6) is 11.5 Å². The smallest absolute Gasteiger partial charge is 0.162 e. The summed E-state index contributed by atoms with van der Waals surface area (Å²) in [4.78, 5) is 0. The zero-order chi connectivity index (χ0) is 15.3. The number of allylic oxidation sites excluding steroid dienone is 1. The number of nitrogens with one attached hydrogen (secondary N) is 1. The second kappa shape index (κ2) is 6.99. The van der Waals surface area contributed by atoms with Gasteiger partial charge in [-0.2, -0.15) is 0 Å². The SMILES string of the molecule is COc1ccc(CNC(C)(C)C)cc1OC1C=CCCC1. The molecule has 3 nitrogen and oxygen atoms in total. The lowest BCUT2D eigenvalue weighted by atomic mass is 10.1. The Morgan fingerprint density at radius 3 is 2.67 bits per heavy atom. The fraction of sp³-hybridized carbons (Fsp3) is 0.556. The van der Waals surface area contributed by atoms with Crippen molar-refractivity contribution < 1.29 is 9.47 Å². The molecule has 21 heavy (non-hydrogen) atoms. The van der Waals surface area contributed by atoms with Gasteiger partial charge in [-0.3, -0.25) is 0 Å². The topological polar surface area (TPSA) is 30.5 Å². The fourth-order valence-corrected chi connectivity index (χ4v) is 2.33. The molecule has 1 aliphatic carbocycles. The van der Waals surface area contributed by atoms with Crippen LogP contribution in [0.1, 0.15) is 45.6 Å². The van der Waals surface area contributed by atoms with E-state index in [4.69, 9.17) is 9.47 Å². The van der Waals surface area contributed by atoms with Crippen molar-refractivity contribution >= 4 is 0 Å². The molecule has 0 spiro atoms. The number of benzene rings is 1. The largest absolute Gasteiger partial charge is 0.493 e. The van der Waals surface area contributed by atoms with Crippen LogP contribution in [-0.4, -0.2) is 18.8 Å². The Bertz CT molecular complexity index is 488. The minimum Gasteiger partial charge on any atom is -0.493 e. The van der Waals surface area contributed by atoms with E-state index in [2.05, 4.69) is 50.4 Å². The van der Waals surface area contributed by atoms with Crippen LogP contribution in [0.3, 0.4) is 0 Å². The van der Waals surface area contributed by atoms with Gasteiger partial charge < -0.3 is 14.8 Å². The van der Waals surface area contributed by atoms with E-state index in [1.165, 1.54) is 12.0 Å². The highest BCUT2D eigenvalue weighted by molar-refractivity contribution is 5.43. The summed E-state index contributed by atoms with van der Waals surface area (Å²) in [5.74, 6) is 1.63. The monoisotopic (exact) mass is 289 g/mol. The molecule has 1 N–H and O–H groups in total. The van der Waals surface area contributed by atoms with Gasteiger partial charge >= 0.3 is 0 Å². The molecule has 1 aromatic carbocycles. The molecule has 0 saturated heterocycles. The highest BCUT2D eigenvalue weighted by Crippen LogP contribution is 2.30. The predicted molar refractivity (Wildman–Crippen MR) is 87.0 cm³/mol. The van der Waals surface area contributed by atoms with E-state index < -0.39 is 0 Å². The van der Waals surface area contributed by atoms with Gasteiger partial charge in [0.05, 0.1) is 7.11 Å². The zero-order valence-electron chi connectivity index (χ0n) is 13.6. The Morgan fingerprint density at radius 2 is 2.05 bits per heavy atom. The first-order valence-corrected chi connectivity index (χ1v) is 7.73. The highest BCUT2D eigenvalue weighted by Gasteiger charge is 2.14. The summed E-state index contributed by atoms with van der Waals surface area (Å²) in [7, 11) is 1.69. The lowest BCUT2D eigenvalue weighted by Gasteiger charge is -2.22. The molecule has 116 valence electrons. The molecule has 2 rings (SSSR count). The Hall–Kier alpha value is -1.48. The maximum Gasteiger partial charge on any atom is 0.162 e. The molecule has 1 unspecified atom stereocenters. The Morgan fingerprint density at radius 1 is 1.24 bits per heavy atom. The van der Waals surface area contributed by atoms with Crippen molar-refractivity contribution in [1.29, 1.82) is 0 Å². The van der Waals surface area contributed by atoms with Gasteiger partial charge in [-0.05, 0) is 63.8 Å². The summed E-state index contributed by atoms with van der Waals surface area (Å²) in [6.07, 6.45) is 7.94. The van der Waals surface area contributed by atoms with Crippen LogP contribution in [0.25, 0.3) is 0 Å². The molecule has 0 bridgehead atoms. The van der Waals surface area contributed by atoms with E-state index in [1.54, 1.807) is 7.11 Å². The number of methoxy groups -OCH3 is 1. The van der Waals surface area contributed by atoms with Crippen LogP contribution in [0, 0.1) is 0 Å². The van der Waals surface area contributed by atoms with Crippen LogP contribution in [-0.2, 0) is 6.54 Å². The number of rotatable bonds is 5. The molecular formula is C18H27NO2. The van der Waals surface area contributed by atoms with Gasteiger partial charge in [-0.1, -0.05) is 12.1 Å². The molecule has 1 atom stereocenters. The van der Waals surface area contributed by atoms with Crippen molar-refractivity contribution in [2.24, 2.45) is 0 Å². The first-order chi connectivity index (χ1) is 9.98. The van der Waals surface area contributed by atoms with Gasteiger partial charge in [0.2, 0.25) is 0 Å². The second-order valence-electron chi connectivity index (χ2n) is 6.60. The van der Waals surface area contributed by atoms with Crippen molar-refractivity contribution in [2.45, 2.75) is 58.2 Å². The third kappa shape index (κ3) is 5.09. The van der Waals surface area contributed by atoms with E-state index >= 15 is 0 Å². The summed E-state index contributed by atoms with van der Waals surface area (Å²) in [5, 5.41) is 3.50. The third-order valence-electron chi connectivity index (χ3n) is 3.54. The first-order valence-electron chi connectivity index (χ1n) is 7.73. The maximum absolute atomic E-state index is 6.11. The maximum atomic E-state index is 6.11. The van der Waals surface area contributed by atoms with Crippen molar-refractivity contribution in [3.05, 3.63) is 35.9 Å². The van der Waals surface area contributed by atoms with E-state index in [9.17, 15) is 0 Å². The predicted octanol–water partition coefficient (Wildman–Crippen LogP) is 4.07. The van der Waals surface area contributed by atoms with E-state index in [0.29, 0.717) is 0 Å². The van der Waals surface area contributed by atoms with Crippen LogP contribution in [0.4, 0.5) is 0 Å². The van der Waals surface area contributed by atoms with Gasteiger partial charge in [-0.25, -0.2) is 0 Å². The molecule has 0 radical (unpaired) electrons. The molecule has 0 heterocycles. The van der Waals surface area contributed by atoms with Crippen molar-refractivity contribution in [1.82, 2.24) is 5.32 Å². The molecule has 0 aromatic heterocycles. The Kier molecular flexibility index (Phi) is 5.29. The van der Waals surface area contributed by atoms with Gasteiger partial charge in [0, 0.05) is 12.1 Å². The minimum absolute atomic E-state index is 0.104. The average Bonchev–Trinajstić information content (AvgIpc) is 2.46. The van der Waals surface area contributed by atoms with Crippen LogP contribution in [0.2, 0.25) is 0 Å². The summed E-state index contributed by atoms with van der Waals surface area (Å²) >= 11 is 0. The highest BCUT2D eigenvalue weighted by atomic mass is 16.5. The first kappa shape index (κ1) is 15.9. The Labute approximate surface area is 128 Å². The quantitative estimate of drug-likeness (QED) is 0.829. The molecular weight excluding hydrogens is 262 g/mol. The molecule has 0 aliphatic heterocycles. The summed E-state index contributed by atoms with van der Waals surface area (Å²) in [5.41, 5.74) is 1.31. The van der Waals surface area contributed by atoms with Gasteiger partial charge in [0.1, 0.15) is 6.10 Å². The fourth-order valence-electron chi connectivity index (χ4n) is 2.33. The number of ether oxygens (including phenoxy) is 2. The summed E-state index contributed by atoms with van der Waals surface area (Å²) in [6, 6.07) is 6.16. The number of hydrogen-bond donors (Lipinski definition) is 1. The van der Waals surface area contributed by atoms with Crippen LogP contribution < -0.4 is 14.8 Å². The number of hydrogen-bond acceptors (Lipinski definition) is 3. The molecule has 1 aromatic rings. The standard InChI is InChI=1S/C18H27NO2/c1-18(2,3)19-13-14-10-11-16(20-4)17(12-14)21-15-8-6-5-7-9-15/h6,8,10-12,15,19H,5,7,9,13H2,1-4H3. The van der Waals surface area contributed by atoms with Crippen molar-refractivity contribution in [3.8, 4) is 11.5 Å². The van der Waals surface area contributed by atoms with Crippen molar-refractivity contribution in [3.63, 3.8) is 0 Å². The normalized spacial score (nSPS) is 18.6. The van der Waals surface area contributed by atoms with E-state index in [0.717, 1.165) is 30.9 Å². The summed E-state index contributed by atoms with van der Waals surface area (Å²) in [6.45, 7) is 7.33. The van der Waals surface area contributed by atoms with Crippen LogP contribution in [0.15, 0.2) is 30.4 Å². The third-order valence-corrected chi connectivity index (χ3v) is 3.54. The van der Waals surface area contributed by atoms with E-state index in [-0.39, 0.29) is 11.6 Å². The lowest BCUT2D eigenvalue weighted by molar-refractivity contribution is 0.219. The average molecular weight is 289 g/mol. The summed E-state index contributed by atoms with van der Waals surface area (Å²) < 4.78 is 11.5. The zero-order valence-corrected chi connectivity index (χ0v) is 13.6. The molecule has 0 saturated carbocycles. The van der Waals surface area contributed by atoms with Gasteiger partial charge in [0.25, 0.3) is 0 Å². The Balaban J connectivity index is 2.09.